The third kappa shape index (κ3) is 5.03. The number of nitrogen functional groups attached to an aromatic ring is 2. The molecule has 0 radical (unpaired) electrons. The van der Waals surface area contributed by atoms with E-state index in [2.05, 4.69) is 48.7 Å². The molecule has 23 heteroatoms. The van der Waals surface area contributed by atoms with Crippen molar-refractivity contribution in [2.75, 3.05) is 31.3 Å². The minimum atomic E-state index is -4.20. The van der Waals surface area contributed by atoms with E-state index in [-0.39, 0.29) is 37.9 Å². The molecule has 19 nitrogen and oxygen atoms in total. The lowest BCUT2D eigenvalue weighted by Crippen LogP contribution is -2.48. The van der Waals surface area contributed by atoms with Gasteiger partial charge in [-0.1, -0.05) is 25.2 Å². The van der Waals surface area contributed by atoms with Crippen LogP contribution in [0.3, 0.4) is 0 Å². The number of hydrogen-bond acceptors (Lipinski definition) is 17. The van der Waals surface area contributed by atoms with Crippen molar-refractivity contribution in [2.45, 2.75) is 55.3 Å². The van der Waals surface area contributed by atoms with E-state index in [1.807, 2.05) is 6.92 Å². The number of hydrogen-bond donors (Lipinski definition) is 4. The van der Waals surface area contributed by atoms with Gasteiger partial charge in [0, 0.05) is 0 Å². The van der Waals surface area contributed by atoms with Crippen molar-refractivity contribution in [1.82, 2.24) is 39.0 Å². The number of ether oxygens (including phenoxy) is 3. The smallest absolute Gasteiger partial charge is 0.382 e. The summed E-state index contributed by atoms with van der Waals surface area (Å²) in [5, 5.41) is 0. The predicted molar refractivity (Wildman–Crippen MR) is 174 cm³/mol. The molecule has 8 rings (SSSR count). The lowest BCUT2D eigenvalue weighted by atomic mass is 9.88. The molecule has 10 atom stereocenters. The van der Waals surface area contributed by atoms with Crippen LogP contribution in [0, 0.1) is 5.92 Å². The highest BCUT2D eigenvalue weighted by molar-refractivity contribution is 8.44. The SMILES string of the molecule is C=C[C@H]1[C@H](n2cnc3c(N)ncnc32)O[C@]2(CC)COP(O)(=S)O[C@H]3[C@H]4OC[C@]3(COP(=O)(S)O[C@@H]12)O[C@H]4n1cnc2c(N)ncnc21. The van der Waals surface area contributed by atoms with Crippen molar-refractivity contribution in [3.63, 3.8) is 0 Å². The highest BCUT2D eigenvalue weighted by Gasteiger charge is 2.66. The van der Waals surface area contributed by atoms with E-state index >= 15 is 0 Å². The Morgan fingerprint density at radius 2 is 1.62 bits per heavy atom. The van der Waals surface area contributed by atoms with Crippen LogP contribution in [0.5, 0.6) is 0 Å². The van der Waals surface area contributed by atoms with Gasteiger partial charge in [0.1, 0.15) is 59.4 Å². The fourth-order valence-electron chi connectivity index (χ4n) is 6.76. The number of fused-ring (bicyclic) bond motifs is 3. The summed E-state index contributed by atoms with van der Waals surface area (Å²) in [5.41, 5.74) is 10.7. The second-order valence-electron chi connectivity index (χ2n) is 11.8. The summed E-state index contributed by atoms with van der Waals surface area (Å²) in [6.07, 6.45) is 2.75. The molecule has 0 amide bonds. The molecule has 4 aliphatic rings. The molecule has 0 spiro atoms. The first-order valence-electron chi connectivity index (χ1n) is 14.7. The molecule has 5 N–H and O–H groups in total. The van der Waals surface area contributed by atoms with Gasteiger partial charge >= 0.3 is 13.5 Å². The van der Waals surface area contributed by atoms with Crippen LogP contribution in [0.2, 0.25) is 0 Å². The van der Waals surface area contributed by atoms with Crippen LogP contribution in [0.25, 0.3) is 22.3 Å². The minimum Gasteiger partial charge on any atom is -0.382 e. The third-order valence-corrected chi connectivity index (χ3v) is 12.3. The van der Waals surface area contributed by atoms with Crippen LogP contribution in [-0.2, 0) is 48.7 Å². The Balaban J connectivity index is 1.15. The second kappa shape index (κ2) is 11.4. The Bertz CT molecular complexity index is 2040. The number of aromatic nitrogens is 8. The quantitative estimate of drug-likeness (QED) is 0.133. The Morgan fingerprint density at radius 1 is 0.979 bits per heavy atom. The van der Waals surface area contributed by atoms with Gasteiger partial charge in [-0.15, -0.1) is 6.58 Å². The summed E-state index contributed by atoms with van der Waals surface area (Å²) in [7, 11) is 0. The van der Waals surface area contributed by atoms with E-state index in [9.17, 15) is 9.46 Å². The monoisotopic (exact) mass is 740 g/mol. The van der Waals surface area contributed by atoms with Crippen LogP contribution in [-0.4, -0.2) is 93.3 Å². The molecular formula is C25H30N10O9P2S2. The minimum absolute atomic E-state index is 0.0623. The fraction of sp³-hybridized carbons (Fsp3) is 0.520. The Kier molecular flexibility index (Phi) is 7.76. The van der Waals surface area contributed by atoms with Gasteiger partial charge in [0.25, 0.3) is 0 Å². The molecule has 0 aromatic carbocycles. The topological polar surface area (TPSA) is 241 Å². The first kappa shape index (κ1) is 32.5. The van der Waals surface area contributed by atoms with Crippen molar-refractivity contribution in [3.05, 3.63) is 38.0 Å². The van der Waals surface area contributed by atoms with Gasteiger partial charge in [0.05, 0.1) is 38.4 Å². The van der Waals surface area contributed by atoms with Crippen LogP contribution < -0.4 is 11.5 Å². The summed E-state index contributed by atoms with van der Waals surface area (Å²) in [5.74, 6) is -0.329. The lowest BCUT2D eigenvalue weighted by molar-refractivity contribution is -0.183. The average molecular weight is 741 g/mol. The van der Waals surface area contributed by atoms with Crippen LogP contribution >= 0.6 is 25.8 Å². The first-order chi connectivity index (χ1) is 22.9. The predicted octanol–water partition coefficient (Wildman–Crippen LogP) is 2.05. The van der Waals surface area contributed by atoms with Crippen LogP contribution in [0.1, 0.15) is 25.8 Å². The zero-order valence-corrected chi connectivity index (χ0v) is 28.6. The van der Waals surface area contributed by atoms with Crippen molar-refractivity contribution in [2.24, 2.45) is 5.92 Å². The zero-order chi connectivity index (χ0) is 33.6. The van der Waals surface area contributed by atoms with Crippen molar-refractivity contribution < 1.29 is 41.8 Å². The Hall–Kier alpha value is -2.65. The van der Waals surface area contributed by atoms with Gasteiger partial charge in [0.2, 0.25) is 0 Å². The average Bonchev–Trinajstić information content (AvgIpc) is 3.86. The zero-order valence-electron chi connectivity index (χ0n) is 25.1. The van der Waals surface area contributed by atoms with Crippen LogP contribution in [0.4, 0.5) is 11.6 Å². The summed E-state index contributed by atoms with van der Waals surface area (Å²) in [6, 6.07) is 0. The third-order valence-electron chi connectivity index (χ3n) is 9.16. The fourth-order valence-corrected chi connectivity index (χ4v) is 9.77. The molecule has 4 aromatic rings. The Labute approximate surface area is 282 Å². The molecule has 4 aliphatic heterocycles. The summed E-state index contributed by atoms with van der Waals surface area (Å²) in [6.45, 7) is -3.23. The molecule has 0 saturated carbocycles. The molecule has 8 heterocycles. The number of nitrogens with zero attached hydrogens (tertiary/aromatic N) is 8. The summed E-state index contributed by atoms with van der Waals surface area (Å²) < 4.78 is 60.9. The Morgan fingerprint density at radius 3 is 2.25 bits per heavy atom. The molecule has 4 fully saturated rings. The van der Waals surface area contributed by atoms with Gasteiger partial charge in [-0.3, -0.25) is 22.7 Å². The molecule has 0 aliphatic carbocycles. The first-order valence-corrected chi connectivity index (χ1v) is 20.0. The summed E-state index contributed by atoms with van der Waals surface area (Å²) in [4.78, 5) is 36.8. The summed E-state index contributed by atoms with van der Waals surface area (Å²) >= 11 is 9.91. The number of rotatable bonds is 4. The van der Waals surface area contributed by atoms with Crippen molar-refractivity contribution in [3.8, 4) is 0 Å². The standard InChI is InChI=1S/C25H30N10O9P2S2/c1-3-12-16-24(4-2,41-22(12)34-10-32-13-18(26)28-8-30-20(13)34)6-39-46(37,48)44-17-15-23(35-11-33-14-19(27)29-9-31-21(14)35)42-25(17,5-38-15)7-40-45(36,47)43-16/h3,8-12,15-17,22-23H,1,4-7H2,2H3,(H,36,47)(H,37,48)(H2,26,28,30)(H2,27,29,31)/t12-,15-,16+,17+,22-,23-,24-,25-,45?,46?/m1/s1. The molecule has 2 unspecified atom stereocenters. The normalized spacial score (nSPS) is 40.0. The maximum absolute atomic E-state index is 14.1. The highest BCUT2D eigenvalue weighted by Crippen LogP contribution is 2.63. The van der Waals surface area contributed by atoms with E-state index in [1.165, 1.54) is 25.3 Å². The second-order valence-corrected chi connectivity index (χ2v) is 17.5. The molecule has 256 valence electrons. The van der Waals surface area contributed by atoms with E-state index in [0.717, 1.165) is 0 Å². The van der Waals surface area contributed by atoms with E-state index in [1.54, 1.807) is 15.2 Å². The number of nitrogens with two attached hydrogens (primary N) is 2. The maximum atomic E-state index is 14.1. The van der Waals surface area contributed by atoms with Crippen LogP contribution in [0.15, 0.2) is 38.0 Å². The molecular weight excluding hydrogens is 710 g/mol. The molecule has 2 bridgehead atoms. The largest absolute Gasteiger partial charge is 0.386 e. The van der Waals surface area contributed by atoms with E-state index < -0.39 is 61.4 Å². The van der Waals surface area contributed by atoms with Crippen molar-refractivity contribution in [1.29, 1.82) is 0 Å². The van der Waals surface area contributed by atoms with Gasteiger partial charge in [-0.05, 0) is 18.2 Å². The number of imidazole rings is 2. The highest BCUT2D eigenvalue weighted by atomic mass is 32.7. The van der Waals surface area contributed by atoms with Gasteiger partial charge in [0.15, 0.2) is 29.2 Å². The molecule has 48 heavy (non-hydrogen) atoms. The molecule has 4 aromatic heterocycles. The van der Waals surface area contributed by atoms with E-state index in [4.69, 9.17) is 55.6 Å². The van der Waals surface area contributed by atoms with Gasteiger partial charge in [-0.25, -0.2) is 34.5 Å². The van der Waals surface area contributed by atoms with Gasteiger partial charge in [-0.2, -0.15) is 0 Å². The van der Waals surface area contributed by atoms with Gasteiger partial charge < -0.3 is 35.1 Å². The number of anilines is 2. The van der Waals surface area contributed by atoms with E-state index in [0.29, 0.717) is 22.3 Å². The maximum Gasteiger partial charge on any atom is 0.386 e. The van der Waals surface area contributed by atoms with Crippen molar-refractivity contribution >= 4 is 71.5 Å². The molecule has 4 saturated heterocycles. The lowest BCUT2D eigenvalue weighted by Gasteiger charge is -2.38. The number of thiol groups is 1.